The van der Waals surface area contributed by atoms with E-state index >= 15 is 0 Å². The van der Waals surface area contributed by atoms with Crippen LogP contribution in [0.25, 0.3) is 0 Å². The lowest BCUT2D eigenvalue weighted by Crippen LogP contribution is -2.49. The second-order valence-corrected chi connectivity index (χ2v) is 6.35. The van der Waals surface area contributed by atoms with Crippen LogP contribution >= 0.6 is 0 Å². The molecule has 0 spiro atoms. The third-order valence-electron chi connectivity index (χ3n) is 4.47. The minimum atomic E-state index is -1.06. The van der Waals surface area contributed by atoms with Crippen LogP contribution in [0.1, 0.15) is 35.2 Å². The molecule has 1 fully saturated rings. The van der Waals surface area contributed by atoms with Crippen molar-refractivity contribution in [2.75, 3.05) is 13.2 Å². The van der Waals surface area contributed by atoms with Gasteiger partial charge in [-0.25, -0.2) is 0 Å². The number of aliphatic hydroxyl groups is 1. The van der Waals surface area contributed by atoms with Gasteiger partial charge >= 0.3 is 0 Å². The van der Waals surface area contributed by atoms with Gasteiger partial charge in [-0.2, -0.15) is 0 Å². The van der Waals surface area contributed by atoms with Gasteiger partial charge in [0, 0.05) is 25.6 Å². The van der Waals surface area contributed by atoms with Gasteiger partial charge in [-0.3, -0.25) is 4.79 Å². The maximum atomic E-state index is 12.8. The number of carbonyl (C=O) groups excluding carboxylic acids is 1. The molecule has 1 aromatic heterocycles. The summed E-state index contributed by atoms with van der Waals surface area (Å²) in [5.74, 6) is -0.106. The molecule has 6 nitrogen and oxygen atoms in total. The van der Waals surface area contributed by atoms with Crippen LogP contribution in [0.5, 0.6) is 0 Å². The van der Waals surface area contributed by atoms with E-state index < -0.39 is 5.60 Å². The van der Waals surface area contributed by atoms with Crippen molar-refractivity contribution in [1.29, 1.82) is 0 Å². The number of hydrogen-bond donors (Lipinski definition) is 1. The van der Waals surface area contributed by atoms with Crippen molar-refractivity contribution in [3.05, 3.63) is 53.4 Å². The fraction of sp³-hybridized carbons (Fsp3) is 0.444. The highest BCUT2D eigenvalue weighted by atomic mass is 16.5. The number of ether oxygens (including phenoxy) is 1. The van der Waals surface area contributed by atoms with Crippen LogP contribution in [0.15, 0.2) is 40.9 Å². The van der Waals surface area contributed by atoms with Crippen LogP contribution in [0, 0.1) is 6.92 Å². The zero-order chi connectivity index (χ0) is 17.2. The summed E-state index contributed by atoms with van der Waals surface area (Å²) in [6.07, 6.45) is 0.183. The second kappa shape index (κ2) is 6.75. The quantitative estimate of drug-likeness (QED) is 0.909. The van der Waals surface area contributed by atoms with E-state index in [1.165, 1.54) is 0 Å². The summed E-state index contributed by atoms with van der Waals surface area (Å²) in [6, 6.07) is 11.3. The Labute approximate surface area is 141 Å². The molecule has 1 N–H and O–H groups in total. The van der Waals surface area contributed by atoms with Crippen molar-refractivity contribution >= 4 is 5.91 Å². The zero-order valence-corrected chi connectivity index (χ0v) is 13.9. The molecule has 24 heavy (non-hydrogen) atoms. The number of hydrogen-bond acceptors (Lipinski definition) is 5. The number of aromatic nitrogens is 1. The first-order chi connectivity index (χ1) is 11.5. The van der Waals surface area contributed by atoms with Gasteiger partial charge in [0.15, 0.2) is 0 Å². The van der Waals surface area contributed by atoms with E-state index in [0.717, 1.165) is 5.56 Å². The number of amides is 1. The Bertz CT molecular complexity index is 700. The van der Waals surface area contributed by atoms with Crippen LogP contribution in [-0.2, 0) is 11.3 Å². The number of rotatable bonds is 5. The Morgan fingerprint density at radius 3 is 2.75 bits per heavy atom. The maximum absolute atomic E-state index is 12.8. The van der Waals surface area contributed by atoms with Gasteiger partial charge in [-0.15, -0.1) is 0 Å². The summed E-state index contributed by atoms with van der Waals surface area (Å²) in [4.78, 5) is 14.4. The first-order valence-corrected chi connectivity index (χ1v) is 8.08. The van der Waals surface area contributed by atoms with E-state index in [9.17, 15) is 9.90 Å². The second-order valence-electron chi connectivity index (χ2n) is 6.35. The van der Waals surface area contributed by atoms with Crippen LogP contribution in [0.3, 0.4) is 0 Å². The van der Waals surface area contributed by atoms with Crippen LogP contribution in [0.2, 0.25) is 0 Å². The highest BCUT2D eigenvalue weighted by Gasteiger charge is 2.42. The third kappa shape index (κ3) is 3.49. The molecule has 1 saturated heterocycles. The molecule has 1 aliphatic heterocycles. The molecule has 0 aliphatic carbocycles. The Morgan fingerprint density at radius 2 is 2.17 bits per heavy atom. The van der Waals surface area contributed by atoms with Crippen molar-refractivity contribution in [2.24, 2.45) is 0 Å². The Hall–Kier alpha value is -2.18. The molecular formula is C18H22N2O4. The van der Waals surface area contributed by atoms with E-state index in [1.807, 2.05) is 37.3 Å². The maximum Gasteiger partial charge on any atom is 0.292 e. The van der Waals surface area contributed by atoms with Gasteiger partial charge < -0.3 is 19.3 Å². The predicted octanol–water partition coefficient (Wildman–Crippen LogP) is 2.17. The highest BCUT2D eigenvalue weighted by molar-refractivity contribution is 5.91. The fourth-order valence-electron chi connectivity index (χ4n) is 2.93. The molecule has 2 aromatic rings. The van der Waals surface area contributed by atoms with Crippen molar-refractivity contribution in [3.8, 4) is 0 Å². The molecule has 2 heterocycles. The lowest BCUT2D eigenvalue weighted by atomic mass is 9.95. The SMILES string of the molecule is Cc1cc(C(=O)N(Cc2ccccc2)C[C@]2(O)CCO[C@@H]2C)on1. The van der Waals surface area contributed by atoms with E-state index in [0.29, 0.717) is 25.3 Å². The molecule has 0 bridgehead atoms. The van der Waals surface area contributed by atoms with Gasteiger partial charge in [0.25, 0.3) is 5.91 Å². The molecule has 1 aliphatic rings. The summed E-state index contributed by atoms with van der Waals surface area (Å²) in [6.45, 7) is 4.65. The number of carbonyl (C=O) groups is 1. The van der Waals surface area contributed by atoms with Crippen molar-refractivity contribution in [2.45, 2.75) is 38.5 Å². The molecule has 0 radical (unpaired) electrons. The van der Waals surface area contributed by atoms with Gasteiger partial charge in [0.1, 0.15) is 5.60 Å². The lowest BCUT2D eigenvalue weighted by Gasteiger charge is -2.33. The van der Waals surface area contributed by atoms with Gasteiger partial charge in [-0.05, 0) is 19.4 Å². The number of aryl methyl sites for hydroxylation is 1. The molecular weight excluding hydrogens is 308 g/mol. The molecule has 1 aromatic carbocycles. The normalized spacial score (nSPS) is 23.4. The summed E-state index contributed by atoms with van der Waals surface area (Å²) in [5.41, 5.74) is 0.575. The largest absolute Gasteiger partial charge is 0.385 e. The molecule has 128 valence electrons. The molecule has 1 amide bonds. The third-order valence-corrected chi connectivity index (χ3v) is 4.47. The Kier molecular flexibility index (Phi) is 4.69. The predicted molar refractivity (Wildman–Crippen MR) is 87.4 cm³/mol. The van der Waals surface area contributed by atoms with Gasteiger partial charge in [0.2, 0.25) is 5.76 Å². The highest BCUT2D eigenvalue weighted by Crippen LogP contribution is 2.28. The topological polar surface area (TPSA) is 75.8 Å². The molecule has 3 rings (SSSR count). The molecule has 6 heteroatoms. The minimum Gasteiger partial charge on any atom is -0.385 e. The monoisotopic (exact) mass is 330 g/mol. The smallest absolute Gasteiger partial charge is 0.292 e. The Balaban J connectivity index is 1.84. The van der Waals surface area contributed by atoms with Crippen LogP contribution in [-0.4, -0.2) is 45.9 Å². The van der Waals surface area contributed by atoms with Crippen LogP contribution in [0.4, 0.5) is 0 Å². The average Bonchev–Trinajstić information content (AvgIpc) is 3.14. The first-order valence-electron chi connectivity index (χ1n) is 8.08. The van der Waals surface area contributed by atoms with Crippen molar-refractivity contribution < 1.29 is 19.2 Å². The standard InChI is InChI=1S/C18H22N2O4/c1-13-10-16(24-19-13)17(21)20(11-15-6-4-3-5-7-15)12-18(22)8-9-23-14(18)2/h3-7,10,14,22H,8-9,11-12H2,1-2H3/t14-,18-/m1/s1. The van der Waals surface area contributed by atoms with E-state index in [2.05, 4.69) is 5.16 Å². The number of benzene rings is 1. The zero-order valence-electron chi connectivity index (χ0n) is 13.9. The number of nitrogens with zero attached hydrogens (tertiary/aromatic N) is 2. The summed E-state index contributed by atoms with van der Waals surface area (Å²) in [5, 5.41) is 14.6. The van der Waals surface area contributed by atoms with Gasteiger partial charge in [0.05, 0.1) is 18.3 Å². The first kappa shape index (κ1) is 16.7. The Morgan fingerprint density at radius 1 is 1.42 bits per heavy atom. The van der Waals surface area contributed by atoms with Crippen molar-refractivity contribution in [1.82, 2.24) is 10.1 Å². The van der Waals surface area contributed by atoms with E-state index in [-0.39, 0.29) is 24.3 Å². The molecule has 2 atom stereocenters. The fourth-order valence-corrected chi connectivity index (χ4v) is 2.93. The van der Waals surface area contributed by atoms with E-state index in [4.69, 9.17) is 9.26 Å². The lowest BCUT2D eigenvalue weighted by molar-refractivity contribution is -0.0462. The van der Waals surface area contributed by atoms with Crippen molar-refractivity contribution in [3.63, 3.8) is 0 Å². The van der Waals surface area contributed by atoms with Gasteiger partial charge in [-0.1, -0.05) is 35.5 Å². The van der Waals surface area contributed by atoms with Crippen LogP contribution < -0.4 is 0 Å². The average molecular weight is 330 g/mol. The van der Waals surface area contributed by atoms with E-state index in [1.54, 1.807) is 17.9 Å². The summed E-state index contributed by atoms with van der Waals surface area (Å²) in [7, 11) is 0. The molecule has 0 unspecified atom stereocenters. The minimum absolute atomic E-state index is 0.179. The summed E-state index contributed by atoms with van der Waals surface area (Å²) < 4.78 is 10.6. The summed E-state index contributed by atoms with van der Waals surface area (Å²) >= 11 is 0. The molecule has 0 saturated carbocycles.